The van der Waals surface area contributed by atoms with Crippen molar-refractivity contribution in [1.29, 1.82) is 0 Å². The summed E-state index contributed by atoms with van der Waals surface area (Å²) in [6, 6.07) is 4.35. The van der Waals surface area contributed by atoms with E-state index in [1.54, 1.807) is 12.5 Å². The predicted molar refractivity (Wildman–Crippen MR) is 66.7 cm³/mol. The molecule has 0 fully saturated rings. The van der Waals surface area contributed by atoms with Crippen LogP contribution in [0.15, 0.2) is 35.3 Å². The first kappa shape index (κ1) is 11.9. The number of rotatable bonds is 6. The van der Waals surface area contributed by atoms with Crippen LogP contribution >= 0.6 is 0 Å². The second-order valence-electron chi connectivity index (χ2n) is 4.25. The maximum absolute atomic E-state index is 5.15. The summed E-state index contributed by atoms with van der Waals surface area (Å²) in [6.07, 6.45) is 7.50. The van der Waals surface area contributed by atoms with E-state index in [-0.39, 0.29) is 6.04 Å². The second kappa shape index (κ2) is 5.68. The number of nitrogens with zero attached hydrogens (tertiary/aromatic N) is 2. The summed E-state index contributed by atoms with van der Waals surface area (Å²) >= 11 is 0. The fourth-order valence-electron chi connectivity index (χ4n) is 1.88. The Morgan fingerprint density at radius 1 is 1.47 bits per heavy atom. The van der Waals surface area contributed by atoms with Crippen LogP contribution < -0.4 is 5.32 Å². The Morgan fingerprint density at radius 2 is 2.35 bits per heavy atom. The summed E-state index contributed by atoms with van der Waals surface area (Å²) in [5.41, 5.74) is 2.28. The Kier molecular flexibility index (Phi) is 3.98. The smallest absolute Gasteiger partial charge is 0.0950 e. The van der Waals surface area contributed by atoms with Gasteiger partial charge in [0.2, 0.25) is 0 Å². The lowest BCUT2D eigenvalue weighted by Crippen LogP contribution is -2.23. The third kappa shape index (κ3) is 3.20. The topological polar surface area (TPSA) is 43.0 Å². The number of nitrogens with one attached hydrogen (secondary N) is 1. The lowest BCUT2D eigenvalue weighted by atomic mass is 10.1. The Labute approximate surface area is 102 Å². The van der Waals surface area contributed by atoms with E-state index >= 15 is 0 Å². The summed E-state index contributed by atoms with van der Waals surface area (Å²) in [6.45, 7) is 3.17. The molecule has 0 radical (unpaired) electrons. The van der Waals surface area contributed by atoms with Crippen LogP contribution in [-0.2, 0) is 13.5 Å². The minimum Gasteiger partial charge on any atom is -0.472 e. The molecule has 2 aromatic rings. The van der Waals surface area contributed by atoms with Gasteiger partial charge in [0.1, 0.15) is 0 Å². The van der Waals surface area contributed by atoms with Gasteiger partial charge >= 0.3 is 0 Å². The summed E-state index contributed by atoms with van der Waals surface area (Å²) in [5.74, 6) is 0. The van der Waals surface area contributed by atoms with E-state index in [1.165, 1.54) is 5.56 Å². The van der Waals surface area contributed by atoms with Crippen molar-refractivity contribution in [1.82, 2.24) is 15.1 Å². The summed E-state index contributed by atoms with van der Waals surface area (Å²) in [7, 11) is 1.94. The van der Waals surface area contributed by atoms with E-state index in [1.807, 2.05) is 24.0 Å². The normalized spacial score (nSPS) is 12.8. The Morgan fingerprint density at radius 3 is 2.94 bits per heavy atom. The van der Waals surface area contributed by atoms with Crippen molar-refractivity contribution in [3.05, 3.63) is 42.1 Å². The van der Waals surface area contributed by atoms with Gasteiger partial charge in [-0.15, -0.1) is 0 Å². The number of aryl methyl sites for hydroxylation is 1. The molecule has 2 aromatic heterocycles. The Hall–Kier alpha value is -1.55. The van der Waals surface area contributed by atoms with Gasteiger partial charge in [0, 0.05) is 31.3 Å². The number of hydrogen-bond donors (Lipinski definition) is 1. The zero-order chi connectivity index (χ0) is 12.1. The molecule has 0 bridgehead atoms. The van der Waals surface area contributed by atoms with Crippen molar-refractivity contribution in [2.24, 2.45) is 7.05 Å². The van der Waals surface area contributed by atoms with Crippen molar-refractivity contribution < 1.29 is 4.42 Å². The molecule has 0 spiro atoms. The third-order valence-electron chi connectivity index (χ3n) is 2.77. The molecule has 4 heteroatoms. The van der Waals surface area contributed by atoms with Crippen molar-refractivity contribution >= 4 is 0 Å². The second-order valence-corrected chi connectivity index (χ2v) is 4.25. The monoisotopic (exact) mass is 233 g/mol. The number of aromatic nitrogens is 2. The van der Waals surface area contributed by atoms with Crippen LogP contribution in [0.2, 0.25) is 0 Å². The molecule has 0 aliphatic heterocycles. The molecule has 0 saturated carbocycles. The fourth-order valence-corrected chi connectivity index (χ4v) is 1.88. The van der Waals surface area contributed by atoms with E-state index in [2.05, 4.69) is 23.4 Å². The van der Waals surface area contributed by atoms with Crippen LogP contribution in [0.3, 0.4) is 0 Å². The molecule has 1 atom stereocenters. The van der Waals surface area contributed by atoms with E-state index in [0.29, 0.717) is 0 Å². The molecule has 1 N–H and O–H groups in total. The van der Waals surface area contributed by atoms with E-state index < -0.39 is 0 Å². The standard InChI is InChI=1S/C13H19N3O/c1-3-6-14-13(11-5-8-17-10-11)9-12-4-7-16(2)15-12/h4-5,7-8,10,13-14H,3,6,9H2,1-2H3. The van der Waals surface area contributed by atoms with Gasteiger partial charge in [0.15, 0.2) is 0 Å². The highest BCUT2D eigenvalue weighted by Gasteiger charge is 2.13. The molecule has 0 aromatic carbocycles. The SMILES string of the molecule is CCCNC(Cc1ccn(C)n1)c1ccoc1. The zero-order valence-corrected chi connectivity index (χ0v) is 10.4. The average Bonchev–Trinajstić information content (AvgIpc) is 2.95. The maximum atomic E-state index is 5.15. The fraction of sp³-hybridized carbons (Fsp3) is 0.462. The Bertz CT molecular complexity index is 433. The van der Waals surface area contributed by atoms with Gasteiger partial charge < -0.3 is 9.73 Å². The highest BCUT2D eigenvalue weighted by atomic mass is 16.3. The van der Waals surface area contributed by atoms with E-state index in [0.717, 1.165) is 25.1 Å². The largest absolute Gasteiger partial charge is 0.472 e. The van der Waals surface area contributed by atoms with Crippen LogP contribution in [0.25, 0.3) is 0 Å². The molecule has 17 heavy (non-hydrogen) atoms. The van der Waals surface area contributed by atoms with Crippen LogP contribution in [0.5, 0.6) is 0 Å². The highest BCUT2D eigenvalue weighted by Crippen LogP contribution is 2.18. The van der Waals surface area contributed by atoms with Crippen molar-refractivity contribution in [3.63, 3.8) is 0 Å². The van der Waals surface area contributed by atoms with Crippen LogP contribution in [0.1, 0.15) is 30.6 Å². The van der Waals surface area contributed by atoms with Gasteiger partial charge in [0.05, 0.1) is 18.2 Å². The van der Waals surface area contributed by atoms with Crippen LogP contribution in [-0.4, -0.2) is 16.3 Å². The molecule has 1 unspecified atom stereocenters. The van der Waals surface area contributed by atoms with Crippen LogP contribution in [0, 0.1) is 0 Å². The van der Waals surface area contributed by atoms with Gasteiger partial charge in [-0.25, -0.2) is 0 Å². The number of furan rings is 1. The zero-order valence-electron chi connectivity index (χ0n) is 10.4. The third-order valence-corrected chi connectivity index (χ3v) is 2.77. The Balaban J connectivity index is 2.05. The molecule has 4 nitrogen and oxygen atoms in total. The van der Waals surface area contributed by atoms with Gasteiger partial charge in [-0.05, 0) is 25.1 Å². The summed E-state index contributed by atoms with van der Waals surface area (Å²) in [4.78, 5) is 0. The van der Waals surface area contributed by atoms with Crippen molar-refractivity contribution in [2.45, 2.75) is 25.8 Å². The molecular weight excluding hydrogens is 214 g/mol. The van der Waals surface area contributed by atoms with Gasteiger partial charge in [0.25, 0.3) is 0 Å². The molecule has 92 valence electrons. The first-order valence-electron chi connectivity index (χ1n) is 6.03. The molecule has 2 heterocycles. The highest BCUT2D eigenvalue weighted by molar-refractivity contribution is 5.15. The van der Waals surface area contributed by atoms with Gasteiger partial charge in [-0.2, -0.15) is 5.10 Å². The lowest BCUT2D eigenvalue weighted by molar-refractivity contribution is 0.506. The molecule has 2 rings (SSSR count). The molecule has 0 amide bonds. The predicted octanol–water partition coefficient (Wildman–Crippen LogP) is 2.30. The minimum absolute atomic E-state index is 0.281. The molecule has 0 aliphatic rings. The van der Waals surface area contributed by atoms with Crippen LogP contribution in [0.4, 0.5) is 0 Å². The summed E-state index contributed by atoms with van der Waals surface area (Å²) < 4.78 is 6.99. The number of hydrogen-bond acceptors (Lipinski definition) is 3. The minimum atomic E-state index is 0.281. The first-order chi connectivity index (χ1) is 8.29. The molecule has 0 saturated heterocycles. The van der Waals surface area contributed by atoms with Gasteiger partial charge in [-0.1, -0.05) is 6.92 Å². The quantitative estimate of drug-likeness (QED) is 0.832. The van der Waals surface area contributed by atoms with E-state index in [4.69, 9.17) is 4.42 Å². The van der Waals surface area contributed by atoms with Crippen molar-refractivity contribution in [3.8, 4) is 0 Å². The lowest BCUT2D eigenvalue weighted by Gasteiger charge is -2.15. The summed E-state index contributed by atoms with van der Waals surface area (Å²) in [5, 5.41) is 7.93. The van der Waals surface area contributed by atoms with Gasteiger partial charge in [-0.3, -0.25) is 4.68 Å². The van der Waals surface area contributed by atoms with Crippen molar-refractivity contribution in [2.75, 3.05) is 6.54 Å². The average molecular weight is 233 g/mol. The first-order valence-corrected chi connectivity index (χ1v) is 6.03. The maximum Gasteiger partial charge on any atom is 0.0950 e. The van der Waals surface area contributed by atoms with E-state index in [9.17, 15) is 0 Å². The molecular formula is C13H19N3O. The molecule has 0 aliphatic carbocycles.